The lowest BCUT2D eigenvalue weighted by Crippen LogP contribution is -2.44. The van der Waals surface area contributed by atoms with Gasteiger partial charge in [-0.2, -0.15) is 26.3 Å². The van der Waals surface area contributed by atoms with E-state index in [1.807, 2.05) is 0 Å². The van der Waals surface area contributed by atoms with Gasteiger partial charge < -0.3 is 10.1 Å². The number of nitrogens with one attached hydrogen (secondary N) is 1. The van der Waals surface area contributed by atoms with E-state index in [9.17, 15) is 26.3 Å². The summed E-state index contributed by atoms with van der Waals surface area (Å²) in [6.45, 7) is 0.318. The first-order valence-electron chi connectivity index (χ1n) is 6.69. The van der Waals surface area contributed by atoms with E-state index in [1.165, 1.54) is 12.8 Å². The predicted octanol–water partition coefficient (Wildman–Crippen LogP) is 3.81. The van der Waals surface area contributed by atoms with Crippen LogP contribution in [0.2, 0.25) is 0 Å². The monoisotopic (exact) mass is 307 g/mol. The third-order valence-corrected chi connectivity index (χ3v) is 2.96. The zero-order valence-corrected chi connectivity index (χ0v) is 11.0. The lowest BCUT2D eigenvalue weighted by molar-refractivity contribution is -0.321. The maximum absolute atomic E-state index is 12.1. The summed E-state index contributed by atoms with van der Waals surface area (Å²) in [7, 11) is 0. The van der Waals surface area contributed by atoms with E-state index >= 15 is 0 Å². The molecule has 0 saturated heterocycles. The van der Waals surface area contributed by atoms with Crippen molar-refractivity contribution in [2.45, 2.75) is 63.0 Å². The predicted molar refractivity (Wildman–Crippen MR) is 61.3 cm³/mol. The lowest BCUT2D eigenvalue weighted by atomic mass is 10.2. The summed E-state index contributed by atoms with van der Waals surface area (Å²) in [6.07, 6.45) is -9.72. The van der Waals surface area contributed by atoms with Crippen molar-refractivity contribution < 1.29 is 31.1 Å². The molecule has 0 radical (unpaired) electrons. The third kappa shape index (κ3) is 7.33. The lowest BCUT2D eigenvalue weighted by Gasteiger charge is -2.23. The van der Waals surface area contributed by atoms with Crippen LogP contribution < -0.4 is 5.32 Å². The second kappa shape index (κ2) is 7.49. The molecule has 0 spiro atoms. The van der Waals surface area contributed by atoms with Gasteiger partial charge in [-0.25, -0.2) is 0 Å². The van der Waals surface area contributed by atoms with Crippen LogP contribution in [0, 0.1) is 0 Å². The molecule has 1 aliphatic rings. The summed E-state index contributed by atoms with van der Waals surface area (Å²) in [4.78, 5) is 0. The van der Waals surface area contributed by atoms with Gasteiger partial charge in [0, 0.05) is 12.6 Å². The van der Waals surface area contributed by atoms with Gasteiger partial charge in [0.2, 0.25) is 6.10 Å². The van der Waals surface area contributed by atoms with Crippen LogP contribution in [0.4, 0.5) is 26.3 Å². The van der Waals surface area contributed by atoms with Gasteiger partial charge in [0.05, 0.1) is 0 Å². The molecular weight excluding hydrogens is 288 g/mol. The van der Waals surface area contributed by atoms with E-state index in [0.717, 1.165) is 19.4 Å². The first-order chi connectivity index (χ1) is 9.21. The summed E-state index contributed by atoms with van der Waals surface area (Å²) in [5.41, 5.74) is 0. The molecule has 1 aliphatic carbocycles. The van der Waals surface area contributed by atoms with Gasteiger partial charge in [0.25, 0.3) is 0 Å². The second-order valence-corrected chi connectivity index (χ2v) is 4.98. The number of halogens is 6. The highest BCUT2D eigenvalue weighted by Gasteiger charge is 2.57. The molecule has 120 valence electrons. The molecule has 1 fully saturated rings. The minimum Gasteiger partial charge on any atom is -0.361 e. The zero-order valence-electron chi connectivity index (χ0n) is 11.0. The van der Waals surface area contributed by atoms with Crippen molar-refractivity contribution in [3.8, 4) is 0 Å². The number of ether oxygens (including phenoxy) is 1. The summed E-state index contributed by atoms with van der Waals surface area (Å²) in [5, 5.41) is 3.28. The minimum absolute atomic E-state index is 0.200. The quantitative estimate of drug-likeness (QED) is 0.516. The Bertz CT molecular complexity index is 260. The molecule has 0 unspecified atom stereocenters. The second-order valence-electron chi connectivity index (χ2n) is 4.98. The molecule has 1 rings (SSSR count). The summed E-state index contributed by atoms with van der Waals surface area (Å²) < 4.78 is 76.7. The maximum atomic E-state index is 12.1. The van der Waals surface area contributed by atoms with E-state index in [2.05, 4.69) is 10.1 Å². The summed E-state index contributed by atoms with van der Waals surface area (Å²) >= 11 is 0. The van der Waals surface area contributed by atoms with Crippen LogP contribution in [0.1, 0.15) is 38.5 Å². The van der Waals surface area contributed by atoms with Gasteiger partial charge in [-0.1, -0.05) is 12.8 Å². The van der Waals surface area contributed by atoms with Crippen molar-refractivity contribution in [1.29, 1.82) is 0 Å². The van der Waals surface area contributed by atoms with Gasteiger partial charge in [-0.3, -0.25) is 0 Å². The van der Waals surface area contributed by atoms with Crippen LogP contribution in [0.15, 0.2) is 0 Å². The van der Waals surface area contributed by atoms with Crippen LogP contribution >= 0.6 is 0 Å². The van der Waals surface area contributed by atoms with E-state index in [0.29, 0.717) is 12.5 Å². The fourth-order valence-electron chi connectivity index (χ4n) is 1.75. The molecule has 0 aliphatic heterocycles. The van der Waals surface area contributed by atoms with E-state index in [-0.39, 0.29) is 6.42 Å². The van der Waals surface area contributed by atoms with Crippen LogP contribution in [0.3, 0.4) is 0 Å². The van der Waals surface area contributed by atoms with Crippen LogP contribution in [0.25, 0.3) is 0 Å². The third-order valence-electron chi connectivity index (χ3n) is 2.96. The summed E-state index contributed by atoms with van der Waals surface area (Å²) in [5.74, 6) is 0. The average molecular weight is 307 g/mol. The molecule has 0 aromatic rings. The molecule has 0 atom stereocenters. The highest BCUT2D eigenvalue weighted by Crippen LogP contribution is 2.35. The summed E-state index contributed by atoms with van der Waals surface area (Å²) in [6, 6.07) is 0.609. The van der Waals surface area contributed by atoms with Crippen molar-refractivity contribution >= 4 is 0 Å². The molecule has 1 saturated carbocycles. The first-order valence-corrected chi connectivity index (χ1v) is 6.69. The zero-order chi connectivity index (χ0) is 15.2. The number of alkyl halides is 6. The van der Waals surface area contributed by atoms with E-state index in [4.69, 9.17) is 0 Å². The Morgan fingerprint density at radius 1 is 0.900 bits per heavy atom. The topological polar surface area (TPSA) is 21.3 Å². The Morgan fingerprint density at radius 3 is 1.95 bits per heavy atom. The van der Waals surface area contributed by atoms with Crippen molar-refractivity contribution in [3.63, 3.8) is 0 Å². The standard InChI is InChI=1S/C12H19F6NO/c13-11(14,15)10(12(16,17)18)20-8-4-2-1-3-7-19-9-5-6-9/h9-10,19H,1-8H2. The molecule has 8 heteroatoms. The molecule has 1 N–H and O–H groups in total. The van der Waals surface area contributed by atoms with Crippen LogP contribution in [-0.4, -0.2) is 37.7 Å². The largest absolute Gasteiger partial charge is 0.423 e. The smallest absolute Gasteiger partial charge is 0.361 e. The minimum atomic E-state index is -5.41. The van der Waals surface area contributed by atoms with Gasteiger partial charge >= 0.3 is 12.4 Å². The van der Waals surface area contributed by atoms with Crippen molar-refractivity contribution in [1.82, 2.24) is 5.32 Å². The van der Waals surface area contributed by atoms with Crippen LogP contribution in [-0.2, 0) is 4.74 Å². The number of hydrogen-bond acceptors (Lipinski definition) is 2. The van der Waals surface area contributed by atoms with Crippen molar-refractivity contribution in [3.05, 3.63) is 0 Å². The molecule has 0 bridgehead atoms. The molecular formula is C12H19F6NO. The average Bonchev–Trinajstić information content (AvgIpc) is 3.07. The van der Waals surface area contributed by atoms with Gasteiger partial charge in [-0.15, -0.1) is 0 Å². The Balaban J connectivity index is 2.05. The van der Waals surface area contributed by atoms with E-state index < -0.39 is 25.1 Å². The van der Waals surface area contributed by atoms with Gasteiger partial charge in [0.15, 0.2) is 0 Å². The molecule has 20 heavy (non-hydrogen) atoms. The first kappa shape index (κ1) is 17.6. The number of rotatable bonds is 9. The fraction of sp³-hybridized carbons (Fsp3) is 1.00. The Hall–Kier alpha value is -0.500. The fourth-order valence-corrected chi connectivity index (χ4v) is 1.75. The van der Waals surface area contributed by atoms with Crippen molar-refractivity contribution in [2.24, 2.45) is 0 Å². The Labute approximate surface area is 113 Å². The molecule has 0 amide bonds. The molecule has 0 heterocycles. The normalized spacial score (nSPS) is 16.9. The highest BCUT2D eigenvalue weighted by atomic mass is 19.4. The van der Waals surface area contributed by atoms with Gasteiger partial charge in [0.1, 0.15) is 0 Å². The number of unbranched alkanes of at least 4 members (excludes halogenated alkanes) is 3. The van der Waals surface area contributed by atoms with Crippen LogP contribution in [0.5, 0.6) is 0 Å². The molecule has 2 nitrogen and oxygen atoms in total. The number of hydrogen-bond donors (Lipinski definition) is 1. The van der Waals surface area contributed by atoms with Crippen molar-refractivity contribution in [2.75, 3.05) is 13.2 Å². The van der Waals surface area contributed by atoms with Gasteiger partial charge in [-0.05, 0) is 32.2 Å². The Kier molecular flexibility index (Phi) is 6.57. The highest BCUT2D eigenvalue weighted by molar-refractivity contribution is 4.80. The molecule has 0 aromatic carbocycles. The molecule has 0 aromatic heterocycles. The SMILES string of the molecule is FC(F)(F)C(OCCCCCCNC1CC1)C(F)(F)F. The maximum Gasteiger partial charge on any atom is 0.423 e. The Morgan fingerprint density at radius 2 is 1.45 bits per heavy atom. The van der Waals surface area contributed by atoms with E-state index in [1.54, 1.807) is 0 Å².